The maximum atomic E-state index is 13.5. The molecule has 0 aliphatic carbocycles. The van der Waals surface area contributed by atoms with Crippen molar-refractivity contribution in [1.29, 1.82) is 0 Å². The molecule has 0 saturated carbocycles. The van der Waals surface area contributed by atoms with E-state index >= 15 is 0 Å². The molecule has 2 aromatic rings. The van der Waals surface area contributed by atoms with Gasteiger partial charge in [-0.25, -0.2) is 8.78 Å². The van der Waals surface area contributed by atoms with E-state index in [4.69, 9.17) is 10.3 Å². The lowest BCUT2D eigenvalue weighted by molar-refractivity contribution is 0.332. The van der Waals surface area contributed by atoms with Gasteiger partial charge >= 0.3 is 0 Å². The highest BCUT2D eigenvalue weighted by atomic mass is 19.1. The first kappa shape index (κ1) is 14.6. The van der Waals surface area contributed by atoms with E-state index in [-0.39, 0.29) is 12.5 Å². The predicted molar refractivity (Wildman–Crippen MR) is 69.8 cm³/mol. The molecule has 108 valence electrons. The summed E-state index contributed by atoms with van der Waals surface area (Å²) in [6, 6.07) is 3.08. The molecule has 0 aliphatic heterocycles. The summed E-state index contributed by atoms with van der Waals surface area (Å²) in [7, 11) is 0. The Bertz CT molecular complexity index is 584. The quantitative estimate of drug-likeness (QED) is 0.915. The van der Waals surface area contributed by atoms with E-state index in [9.17, 15) is 8.78 Å². The summed E-state index contributed by atoms with van der Waals surface area (Å²) < 4.78 is 31.4. The highest BCUT2D eigenvalue weighted by Gasteiger charge is 2.17. The number of halogens is 2. The summed E-state index contributed by atoms with van der Waals surface area (Å²) in [4.78, 5) is 4.16. The zero-order valence-corrected chi connectivity index (χ0v) is 11.4. The molecule has 1 aromatic heterocycles. The molecule has 2 rings (SSSR count). The topological polar surface area (TPSA) is 64.9 Å². The van der Waals surface area contributed by atoms with Crippen LogP contribution in [0.2, 0.25) is 0 Å². The Kier molecular flexibility index (Phi) is 4.44. The van der Waals surface area contributed by atoms with Crippen molar-refractivity contribution in [3.05, 3.63) is 47.1 Å². The number of benzene rings is 1. The molecule has 1 atom stereocenters. The van der Waals surface area contributed by atoms with Crippen LogP contribution in [0.5, 0.6) is 0 Å². The number of nitrogens with zero attached hydrogens (tertiary/aromatic N) is 2. The number of hydrogen-bond acceptors (Lipinski definition) is 4. The Morgan fingerprint density at radius 2 is 2.05 bits per heavy atom. The van der Waals surface area contributed by atoms with Gasteiger partial charge < -0.3 is 10.3 Å². The fraction of sp³-hybridized carbons (Fsp3) is 0.429. The maximum Gasteiger partial charge on any atom is 0.243 e. The van der Waals surface area contributed by atoms with Gasteiger partial charge in [0.25, 0.3) is 0 Å². The van der Waals surface area contributed by atoms with Gasteiger partial charge in [0.05, 0.1) is 6.04 Å². The average Bonchev–Trinajstić information content (AvgIpc) is 2.80. The van der Waals surface area contributed by atoms with Crippen molar-refractivity contribution < 1.29 is 13.3 Å². The van der Waals surface area contributed by atoms with Crippen LogP contribution in [0, 0.1) is 17.6 Å². The molecule has 20 heavy (non-hydrogen) atoms. The molecule has 0 aliphatic rings. The first-order valence-corrected chi connectivity index (χ1v) is 6.47. The molecule has 4 nitrogen and oxygen atoms in total. The Morgan fingerprint density at radius 3 is 2.70 bits per heavy atom. The van der Waals surface area contributed by atoms with Crippen LogP contribution in [-0.4, -0.2) is 10.1 Å². The fourth-order valence-corrected chi connectivity index (χ4v) is 1.93. The van der Waals surface area contributed by atoms with Crippen molar-refractivity contribution in [3.8, 4) is 0 Å². The minimum Gasteiger partial charge on any atom is -0.338 e. The lowest BCUT2D eigenvalue weighted by Gasteiger charge is -2.08. The molecule has 0 amide bonds. The van der Waals surface area contributed by atoms with E-state index in [1.807, 2.05) is 13.8 Å². The van der Waals surface area contributed by atoms with Crippen LogP contribution in [0.1, 0.15) is 43.6 Å². The minimum atomic E-state index is -0.622. The van der Waals surface area contributed by atoms with Gasteiger partial charge in [0, 0.05) is 12.5 Å². The zero-order valence-electron chi connectivity index (χ0n) is 11.4. The summed E-state index contributed by atoms with van der Waals surface area (Å²) in [5.41, 5.74) is 6.25. The van der Waals surface area contributed by atoms with Gasteiger partial charge in [-0.05, 0) is 24.0 Å². The van der Waals surface area contributed by atoms with Gasteiger partial charge in [0.15, 0.2) is 5.82 Å². The summed E-state index contributed by atoms with van der Waals surface area (Å²) >= 11 is 0. The van der Waals surface area contributed by atoms with Crippen LogP contribution >= 0.6 is 0 Å². The van der Waals surface area contributed by atoms with E-state index in [1.165, 1.54) is 12.1 Å². The minimum absolute atomic E-state index is 0.143. The molecule has 0 unspecified atom stereocenters. The second-order valence-corrected chi connectivity index (χ2v) is 5.20. The van der Waals surface area contributed by atoms with E-state index in [0.717, 1.165) is 12.5 Å². The van der Waals surface area contributed by atoms with Gasteiger partial charge in [0.2, 0.25) is 5.89 Å². The lowest BCUT2D eigenvalue weighted by atomic mass is 10.0. The molecule has 6 heteroatoms. The molecule has 2 N–H and O–H groups in total. The number of hydrogen-bond donors (Lipinski definition) is 1. The number of nitrogens with two attached hydrogens (primary N) is 1. The van der Waals surface area contributed by atoms with Crippen molar-refractivity contribution in [3.63, 3.8) is 0 Å². The molecular formula is C14H17F2N3O. The third kappa shape index (κ3) is 3.60. The van der Waals surface area contributed by atoms with Crippen LogP contribution in [0.15, 0.2) is 22.7 Å². The molecule has 0 spiro atoms. The van der Waals surface area contributed by atoms with Crippen molar-refractivity contribution >= 4 is 0 Å². The third-order valence-electron chi connectivity index (χ3n) is 2.89. The summed E-state index contributed by atoms with van der Waals surface area (Å²) in [6.07, 6.45) is 0.872. The Morgan fingerprint density at radius 1 is 1.30 bits per heavy atom. The predicted octanol–water partition coefficient (Wildman–Crippen LogP) is 2.98. The van der Waals surface area contributed by atoms with Crippen LogP contribution in [0.25, 0.3) is 0 Å². The first-order valence-electron chi connectivity index (χ1n) is 6.47. The van der Waals surface area contributed by atoms with Crippen molar-refractivity contribution in [2.75, 3.05) is 0 Å². The summed E-state index contributed by atoms with van der Waals surface area (Å²) in [5, 5.41) is 3.78. The van der Waals surface area contributed by atoms with Gasteiger partial charge in [0.1, 0.15) is 11.6 Å². The van der Waals surface area contributed by atoms with Crippen LogP contribution in [0.4, 0.5) is 8.78 Å². The third-order valence-corrected chi connectivity index (χ3v) is 2.89. The van der Waals surface area contributed by atoms with Gasteiger partial charge in [-0.1, -0.05) is 25.1 Å². The SMILES string of the molecule is CC(C)C[C@@H](N)c1nc(Cc2ccc(F)cc2F)no1. The van der Waals surface area contributed by atoms with Gasteiger partial charge in [-0.2, -0.15) is 4.98 Å². The first-order chi connectivity index (χ1) is 9.45. The largest absolute Gasteiger partial charge is 0.338 e. The van der Waals surface area contributed by atoms with E-state index in [0.29, 0.717) is 23.2 Å². The molecule has 1 aromatic carbocycles. The summed E-state index contributed by atoms with van der Waals surface area (Å²) in [5.74, 6) is -0.141. The second kappa shape index (κ2) is 6.09. The lowest BCUT2D eigenvalue weighted by Crippen LogP contribution is -2.13. The second-order valence-electron chi connectivity index (χ2n) is 5.20. The highest BCUT2D eigenvalue weighted by molar-refractivity contribution is 5.21. The molecule has 0 radical (unpaired) electrons. The summed E-state index contributed by atoms with van der Waals surface area (Å²) in [6.45, 7) is 4.09. The molecular weight excluding hydrogens is 264 g/mol. The van der Waals surface area contributed by atoms with Crippen LogP contribution in [0.3, 0.4) is 0 Å². The van der Waals surface area contributed by atoms with Crippen molar-refractivity contribution in [1.82, 2.24) is 10.1 Å². The number of aromatic nitrogens is 2. The maximum absolute atomic E-state index is 13.5. The monoisotopic (exact) mass is 281 g/mol. The van der Waals surface area contributed by atoms with Crippen LogP contribution in [-0.2, 0) is 6.42 Å². The van der Waals surface area contributed by atoms with Crippen molar-refractivity contribution in [2.45, 2.75) is 32.7 Å². The fourth-order valence-electron chi connectivity index (χ4n) is 1.93. The molecule has 0 bridgehead atoms. The van der Waals surface area contributed by atoms with E-state index in [1.54, 1.807) is 0 Å². The molecule has 0 fully saturated rings. The normalized spacial score (nSPS) is 12.9. The number of rotatable bonds is 5. The standard InChI is InChI=1S/C14H17F2N3O/c1-8(2)5-12(17)14-18-13(19-20-14)6-9-3-4-10(15)7-11(9)16/h3-4,7-8,12H,5-6,17H2,1-2H3/t12-/m1/s1. The van der Waals surface area contributed by atoms with E-state index in [2.05, 4.69) is 10.1 Å². The smallest absolute Gasteiger partial charge is 0.243 e. The Balaban J connectivity index is 2.09. The molecule has 0 saturated heterocycles. The Labute approximate surface area is 116 Å². The van der Waals surface area contributed by atoms with Crippen molar-refractivity contribution in [2.24, 2.45) is 11.7 Å². The van der Waals surface area contributed by atoms with Gasteiger partial charge in [-0.15, -0.1) is 0 Å². The zero-order chi connectivity index (χ0) is 14.7. The van der Waals surface area contributed by atoms with E-state index < -0.39 is 11.6 Å². The van der Waals surface area contributed by atoms with Crippen LogP contribution < -0.4 is 5.73 Å². The molecule has 1 heterocycles. The highest BCUT2D eigenvalue weighted by Crippen LogP contribution is 2.18. The average molecular weight is 281 g/mol. The van der Waals surface area contributed by atoms with Gasteiger partial charge in [-0.3, -0.25) is 0 Å². The Hall–Kier alpha value is -1.82.